The zero-order valence-corrected chi connectivity index (χ0v) is 13.9. The third-order valence-electron chi connectivity index (χ3n) is 3.43. The zero-order chi connectivity index (χ0) is 14.9. The van der Waals surface area contributed by atoms with Crippen molar-refractivity contribution < 1.29 is 13.5 Å². The van der Waals surface area contributed by atoms with Crippen molar-refractivity contribution in [3.8, 4) is 0 Å². The summed E-state index contributed by atoms with van der Waals surface area (Å²) < 4.78 is 27.7. The highest BCUT2D eigenvalue weighted by molar-refractivity contribution is 7.91. The summed E-state index contributed by atoms with van der Waals surface area (Å²) >= 11 is 2.85. The number of hydrogen-bond acceptors (Lipinski definition) is 5. The zero-order valence-electron chi connectivity index (χ0n) is 11.4. The molecular formula is C14H17NO3S3. The molecule has 4 nitrogen and oxygen atoms in total. The van der Waals surface area contributed by atoms with Gasteiger partial charge in [0, 0.05) is 30.5 Å². The van der Waals surface area contributed by atoms with Gasteiger partial charge >= 0.3 is 0 Å². The summed E-state index contributed by atoms with van der Waals surface area (Å²) in [4.78, 5) is 0.905. The average Bonchev–Trinajstić information content (AvgIpc) is 2.96. The van der Waals surface area contributed by atoms with Crippen molar-refractivity contribution in [1.82, 2.24) is 4.31 Å². The first-order chi connectivity index (χ1) is 10.1. The van der Waals surface area contributed by atoms with Crippen LogP contribution in [0.1, 0.15) is 23.3 Å². The lowest BCUT2D eigenvalue weighted by Crippen LogP contribution is -2.32. The molecule has 0 aromatic carbocycles. The highest BCUT2D eigenvalue weighted by Gasteiger charge is 2.38. The third kappa shape index (κ3) is 3.37. The van der Waals surface area contributed by atoms with E-state index >= 15 is 0 Å². The summed E-state index contributed by atoms with van der Waals surface area (Å²) in [6, 6.07) is 5.57. The molecule has 0 saturated heterocycles. The Balaban J connectivity index is 1.85. The van der Waals surface area contributed by atoms with E-state index in [1.807, 2.05) is 16.8 Å². The fraction of sp³-hybridized carbons (Fsp3) is 0.429. The van der Waals surface area contributed by atoms with Gasteiger partial charge in [0.15, 0.2) is 0 Å². The van der Waals surface area contributed by atoms with Gasteiger partial charge in [-0.2, -0.15) is 15.6 Å². The minimum atomic E-state index is -3.44. The van der Waals surface area contributed by atoms with Gasteiger partial charge in [-0.25, -0.2) is 8.42 Å². The molecule has 0 radical (unpaired) electrons. The number of aliphatic hydroxyl groups excluding tert-OH is 1. The standard InChI is InChI=1S/C14H17NO3S3/c16-7-5-13-3-4-14(20-13)21(17,18)15(12-1-2-12)9-11-6-8-19-10-11/h3-4,6,8,10,12,16H,1-2,5,7,9H2. The molecule has 1 saturated carbocycles. The van der Waals surface area contributed by atoms with Gasteiger partial charge in [0.1, 0.15) is 4.21 Å². The second kappa shape index (κ2) is 6.18. The fourth-order valence-corrected chi connectivity index (χ4v) is 6.00. The summed E-state index contributed by atoms with van der Waals surface area (Å²) in [7, 11) is -3.44. The molecule has 2 aromatic rings. The minimum absolute atomic E-state index is 0.0429. The normalized spacial score (nSPS) is 15.7. The Morgan fingerprint density at radius 3 is 2.71 bits per heavy atom. The van der Waals surface area contributed by atoms with E-state index in [4.69, 9.17) is 5.11 Å². The number of rotatable bonds is 7. The maximum Gasteiger partial charge on any atom is 0.253 e. The van der Waals surface area contributed by atoms with Crippen molar-refractivity contribution >= 4 is 32.7 Å². The van der Waals surface area contributed by atoms with Gasteiger partial charge in [-0.15, -0.1) is 11.3 Å². The van der Waals surface area contributed by atoms with Crippen LogP contribution in [-0.2, 0) is 23.0 Å². The number of nitrogens with zero attached hydrogens (tertiary/aromatic N) is 1. The van der Waals surface area contributed by atoms with E-state index < -0.39 is 10.0 Å². The lowest BCUT2D eigenvalue weighted by molar-refractivity contribution is 0.300. The molecule has 21 heavy (non-hydrogen) atoms. The largest absolute Gasteiger partial charge is 0.396 e. The van der Waals surface area contributed by atoms with Crippen molar-refractivity contribution in [2.45, 2.75) is 36.1 Å². The van der Waals surface area contributed by atoms with E-state index in [0.717, 1.165) is 23.3 Å². The van der Waals surface area contributed by atoms with E-state index in [2.05, 4.69) is 0 Å². The van der Waals surface area contributed by atoms with Crippen LogP contribution in [0.15, 0.2) is 33.2 Å². The predicted octanol–water partition coefficient (Wildman–Crippen LogP) is 2.70. The molecule has 1 aliphatic carbocycles. The maximum atomic E-state index is 12.8. The number of sulfonamides is 1. The first kappa shape index (κ1) is 15.2. The van der Waals surface area contributed by atoms with Gasteiger partial charge in [0.2, 0.25) is 0 Å². The number of hydrogen-bond donors (Lipinski definition) is 1. The maximum absolute atomic E-state index is 12.8. The van der Waals surface area contributed by atoms with Crippen molar-refractivity contribution in [3.63, 3.8) is 0 Å². The monoisotopic (exact) mass is 343 g/mol. The molecule has 3 rings (SSSR count). The Morgan fingerprint density at radius 2 is 2.10 bits per heavy atom. The van der Waals surface area contributed by atoms with Crippen LogP contribution in [-0.4, -0.2) is 30.5 Å². The van der Waals surface area contributed by atoms with Crippen molar-refractivity contribution in [3.05, 3.63) is 39.4 Å². The smallest absolute Gasteiger partial charge is 0.253 e. The third-order valence-corrected chi connectivity index (χ3v) is 7.67. The fourth-order valence-electron chi connectivity index (χ4n) is 2.19. The lowest BCUT2D eigenvalue weighted by Gasteiger charge is -2.20. The highest BCUT2D eigenvalue weighted by atomic mass is 32.2. The lowest BCUT2D eigenvalue weighted by atomic mass is 10.3. The summed E-state index contributed by atoms with van der Waals surface area (Å²) in [6.07, 6.45) is 2.39. The SMILES string of the molecule is O=S(=O)(c1ccc(CCO)s1)N(Cc1ccsc1)C1CC1. The molecule has 2 aromatic heterocycles. The Bertz CT molecular complexity index is 687. The van der Waals surface area contributed by atoms with Crippen LogP contribution < -0.4 is 0 Å². The summed E-state index contributed by atoms with van der Waals surface area (Å²) in [5.74, 6) is 0. The molecule has 0 spiro atoms. The summed E-state index contributed by atoms with van der Waals surface area (Å²) in [5.41, 5.74) is 1.04. The van der Waals surface area contributed by atoms with Gasteiger partial charge in [0.25, 0.3) is 10.0 Å². The average molecular weight is 343 g/mol. The second-order valence-electron chi connectivity index (χ2n) is 5.11. The summed E-state index contributed by atoms with van der Waals surface area (Å²) in [6.45, 7) is 0.491. The molecule has 2 heterocycles. The van der Waals surface area contributed by atoms with Crippen LogP contribution in [0, 0.1) is 0 Å². The van der Waals surface area contributed by atoms with Gasteiger partial charge in [0.05, 0.1) is 0 Å². The number of thiophene rings is 2. The molecule has 0 bridgehead atoms. The quantitative estimate of drug-likeness (QED) is 0.841. The molecular weight excluding hydrogens is 326 g/mol. The molecule has 0 amide bonds. The van der Waals surface area contributed by atoms with E-state index in [0.29, 0.717) is 17.2 Å². The van der Waals surface area contributed by atoms with Gasteiger partial charge in [-0.05, 0) is 47.4 Å². The molecule has 1 N–H and O–H groups in total. The highest BCUT2D eigenvalue weighted by Crippen LogP contribution is 2.35. The molecule has 114 valence electrons. The molecule has 0 aliphatic heterocycles. The second-order valence-corrected chi connectivity index (χ2v) is 9.17. The Labute approximate surface area is 132 Å². The van der Waals surface area contributed by atoms with Crippen molar-refractivity contribution in [1.29, 1.82) is 0 Å². The summed E-state index contributed by atoms with van der Waals surface area (Å²) in [5, 5.41) is 12.9. The Kier molecular flexibility index (Phi) is 4.46. The Hall–Kier alpha value is -0.730. The van der Waals surface area contributed by atoms with Crippen LogP contribution >= 0.6 is 22.7 Å². The first-order valence-corrected chi connectivity index (χ1v) is 10.0. The minimum Gasteiger partial charge on any atom is -0.396 e. The van der Waals surface area contributed by atoms with Crippen molar-refractivity contribution in [2.75, 3.05) is 6.61 Å². The molecule has 0 unspecified atom stereocenters. The van der Waals surface area contributed by atoms with Gasteiger partial charge in [-0.3, -0.25) is 0 Å². The van der Waals surface area contributed by atoms with Gasteiger partial charge in [-0.1, -0.05) is 0 Å². The van der Waals surface area contributed by atoms with E-state index in [1.54, 1.807) is 27.8 Å². The first-order valence-electron chi connectivity index (χ1n) is 6.84. The molecule has 1 fully saturated rings. The molecule has 1 aliphatic rings. The van der Waals surface area contributed by atoms with E-state index in [9.17, 15) is 8.42 Å². The van der Waals surface area contributed by atoms with Crippen LogP contribution in [0.4, 0.5) is 0 Å². The van der Waals surface area contributed by atoms with Crippen LogP contribution in [0.25, 0.3) is 0 Å². The van der Waals surface area contributed by atoms with Crippen LogP contribution in [0.3, 0.4) is 0 Å². The Morgan fingerprint density at radius 1 is 1.29 bits per heavy atom. The van der Waals surface area contributed by atoms with Crippen molar-refractivity contribution in [2.24, 2.45) is 0 Å². The topological polar surface area (TPSA) is 57.6 Å². The van der Waals surface area contributed by atoms with E-state index in [1.165, 1.54) is 11.3 Å². The van der Waals surface area contributed by atoms with Gasteiger partial charge < -0.3 is 5.11 Å². The predicted molar refractivity (Wildman–Crippen MR) is 85.2 cm³/mol. The van der Waals surface area contributed by atoms with Crippen LogP contribution in [0.2, 0.25) is 0 Å². The number of aliphatic hydroxyl groups is 1. The van der Waals surface area contributed by atoms with Crippen LogP contribution in [0.5, 0.6) is 0 Å². The molecule has 0 atom stereocenters. The van der Waals surface area contributed by atoms with E-state index in [-0.39, 0.29) is 12.6 Å². The molecule has 7 heteroatoms.